The van der Waals surface area contributed by atoms with Crippen LogP contribution in [-0.4, -0.2) is 85.5 Å². The molecule has 1 aromatic heterocycles. The first kappa shape index (κ1) is 23.3. The van der Waals surface area contributed by atoms with Gasteiger partial charge in [-0.2, -0.15) is 4.31 Å². The molecule has 0 radical (unpaired) electrons. The summed E-state index contributed by atoms with van der Waals surface area (Å²) in [6.07, 6.45) is 5.12. The molecule has 5 rings (SSSR count). The summed E-state index contributed by atoms with van der Waals surface area (Å²) in [5.41, 5.74) is 2.00. The second-order valence-electron chi connectivity index (χ2n) is 9.78. The van der Waals surface area contributed by atoms with Gasteiger partial charge in [0.05, 0.1) is 17.9 Å². The monoisotopic (exact) mass is 487 g/mol. The second-order valence-corrected chi connectivity index (χ2v) is 11.7. The molecule has 1 atom stereocenters. The third-order valence-corrected chi connectivity index (χ3v) is 9.46. The molecule has 9 nitrogen and oxygen atoms in total. The van der Waals surface area contributed by atoms with Gasteiger partial charge in [0.1, 0.15) is 6.10 Å². The number of nitrogens with one attached hydrogen (secondary N) is 1. The SMILES string of the molecule is Cc1ccc(N2CCN(CC[C@H]3CC4(CCN(S(=O)(=O)c5cnc[nH]5)CC4)C(=O)O3)CC2)cc1. The van der Waals surface area contributed by atoms with Crippen molar-refractivity contribution in [1.82, 2.24) is 19.2 Å². The second kappa shape index (κ2) is 9.31. The number of ether oxygens (including phenoxy) is 1. The first-order valence-corrected chi connectivity index (χ1v) is 13.5. The predicted octanol–water partition coefficient (Wildman–Crippen LogP) is 2.02. The van der Waals surface area contributed by atoms with E-state index in [4.69, 9.17) is 4.74 Å². The van der Waals surface area contributed by atoms with Crippen molar-refractivity contribution in [3.8, 4) is 0 Å². The Balaban J connectivity index is 1.09. The zero-order chi connectivity index (χ0) is 23.8. The van der Waals surface area contributed by atoms with E-state index in [-0.39, 0.29) is 17.1 Å². The van der Waals surface area contributed by atoms with Crippen LogP contribution in [0.2, 0.25) is 0 Å². The van der Waals surface area contributed by atoms with Gasteiger partial charge in [0.2, 0.25) is 0 Å². The fraction of sp³-hybridized carbons (Fsp3) is 0.583. The van der Waals surface area contributed by atoms with Crippen LogP contribution in [0.1, 0.15) is 31.2 Å². The van der Waals surface area contributed by atoms with E-state index in [1.165, 1.54) is 28.1 Å². The fourth-order valence-electron chi connectivity index (χ4n) is 5.40. The van der Waals surface area contributed by atoms with Crippen molar-refractivity contribution >= 4 is 21.7 Å². The maximum absolute atomic E-state index is 12.8. The number of aryl methyl sites for hydroxylation is 1. The van der Waals surface area contributed by atoms with Gasteiger partial charge >= 0.3 is 5.97 Å². The number of esters is 1. The number of nitrogens with zero attached hydrogens (tertiary/aromatic N) is 4. The van der Waals surface area contributed by atoms with Gasteiger partial charge < -0.3 is 14.6 Å². The van der Waals surface area contributed by atoms with E-state index in [1.54, 1.807) is 0 Å². The minimum absolute atomic E-state index is 0.0848. The average molecular weight is 488 g/mol. The number of sulfonamides is 1. The fourth-order valence-corrected chi connectivity index (χ4v) is 6.73. The molecule has 0 amide bonds. The highest BCUT2D eigenvalue weighted by Crippen LogP contribution is 2.44. The Morgan fingerprint density at radius 3 is 2.44 bits per heavy atom. The summed E-state index contributed by atoms with van der Waals surface area (Å²) in [6, 6.07) is 8.69. The Kier molecular flexibility index (Phi) is 6.39. The molecule has 2 aromatic rings. The number of carbonyl (C=O) groups is 1. The lowest BCUT2D eigenvalue weighted by molar-refractivity contribution is -0.150. The molecule has 1 spiro atoms. The normalized spacial score (nSPS) is 24.0. The number of aromatic amines is 1. The molecule has 3 saturated heterocycles. The van der Waals surface area contributed by atoms with E-state index in [1.807, 2.05) is 0 Å². The topological polar surface area (TPSA) is 98.8 Å². The molecule has 34 heavy (non-hydrogen) atoms. The lowest BCUT2D eigenvalue weighted by Gasteiger charge is -2.36. The number of benzene rings is 1. The lowest BCUT2D eigenvalue weighted by Crippen LogP contribution is -2.47. The highest BCUT2D eigenvalue weighted by molar-refractivity contribution is 7.89. The summed E-state index contributed by atoms with van der Waals surface area (Å²) in [7, 11) is -3.59. The number of H-pyrrole nitrogens is 1. The molecule has 184 valence electrons. The van der Waals surface area contributed by atoms with E-state index >= 15 is 0 Å². The maximum atomic E-state index is 12.8. The number of anilines is 1. The van der Waals surface area contributed by atoms with Gasteiger partial charge in [-0.1, -0.05) is 17.7 Å². The van der Waals surface area contributed by atoms with Crippen LogP contribution in [0.15, 0.2) is 41.8 Å². The van der Waals surface area contributed by atoms with E-state index < -0.39 is 15.4 Å². The minimum Gasteiger partial charge on any atom is -0.462 e. The molecule has 1 N–H and O–H groups in total. The van der Waals surface area contributed by atoms with Gasteiger partial charge in [0.25, 0.3) is 10.0 Å². The highest BCUT2D eigenvalue weighted by atomic mass is 32.2. The lowest BCUT2D eigenvalue weighted by atomic mass is 9.76. The standard InChI is InChI=1S/C24H33N5O4S/c1-19-2-4-20(5-3-19)28-14-12-27(13-15-28)9-6-21-16-24(23(30)33-21)7-10-29(11-8-24)34(31,32)22-17-25-18-26-22/h2-5,17-18,21H,6-16H2,1H3,(H,25,26)/t21-/m0/s1. The molecule has 0 bridgehead atoms. The summed E-state index contributed by atoms with van der Waals surface area (Å²) in [4.78, 5) is 24.2. The number of piperazine rings is 1. The van der Waals surface area contributed by atoms with Crippen LogP contribution in [-0.2, 0) is 19.6 Å². The summed E-state index contributed by atoms with van der Waals surface area (Å²) < 4.78 is 32.7. The van der Waals surface area contributed by atoms with Gasteiger partial charge in [-0.25, -0.2) is 13.4 Å². The van der Waals surface area contributed by atoms with Crippen molar-refractivity contribution in [2.45, 2.75) is 43.7 Å². The maximum Gasteiger partial charge on any atom is 0.312 e. The average Bonchev–Trinajstić information content (AvgIpc) is 3.49. The summed E-state index contributed by atoms with van der Waals surface area (Å²) >= 11 is 0. The Bertz CT molecular complexity index is 1090. The molecule has 1 aromatic carbocycles. The smallest absolute Gasteiger partial charge is 0.312 e. The van der Waals surface area contributed by atoms with E-state index in [0.717, 1.165) is 39.1 Å². The number of aromatic nitrogens is 2. The third-order valence-electron chi connectivity index (χ3n) is 7.63. The predicted molar refractivity (Wildman–Crippen MR) is 128 cm³/mol. The van der Waals surface area contributed by atoms with E-state index in [0.29, 0.717) is 32.4 Å². The Hall–Kier alpha value is -2.43. The van der Waals surface area contributed by atoms with Gasteiger partial charge in [-0.15, -0.1) is 0 Å². The first-order chi connectivity index (χ1) is 16.4. The minimum atomic E-state index is -3.59. The van der Waals surface area contributed by atoms with Gasteiger partial charge in [0, 0.05) is 57.9 Å². The van der Waals surface area contributed by atoms with Crippen LogP contribution in [0.4, 0.5) is 5.69 Å². The van der Waals surface area contributed by atoms with Crippen molar-refractivity contribution in [1.29, 1.82) is 0 Å². The number of rotatable bonds is 6. The van der Waals surface area contributed by atoms with Crippen molar-refractivity contribution in [2.75, 3.05) is 50.7 Å². The van der Waals surface area contributed by atoms with Crippen LogP contribution in [0.5, 0.6) is 0 Å². The van der Waals surface area contributed by atoms with Crippen LogP contribution in [0, 0.1) is 12.3 Å². The van der Waals surface area contributed by atoms with Crippen molar-refractivity contribution < 1.29 is 17.9 Å². The van der Waals surface area contributed by atoms with Crippen LogP contribution >= 0.6 is 0 Å². The summed E-state index contributed by atoms with van der Waals surface area (Å²) in [5.74, 6) is -0.153. The van der Waals surface area contributed by atoms with Crippen LogP contribution in [0.3, 0.4) is 0 Å². The number of imidazole rings is 1. The zero-order valence-electron chi connectivity index (χ0n) is 19.6. The molecule has 0 saturated carbocycles. The molecule has 3 fully saturated rings. The number of carbonyl (C=O) groups excluding carboxylic acids is 1. The Morgan fingerprint density at radius 2 is 1.79 bits per heavy atom. The number of hydrogen-bond acceptors (Lipinski definition) is 7. The van der Waals surface area contributed by atoms with Crippen LogP contribution < -0.4 is 4.90 Å². The molecule has 0 unspecified atom stereocenters. The van der Waals surface area contributed by atoms with E-state index in [9.17, 15) is 13.2 Å². The Morgan fingerprint density at radius 1 is 1.09 bits per heavy atom. The van der Waals surface area contributed by atoms with Gasteiger partial charge in [0.15, 0.2) is 5.03 Å². The third kappa shape index (κ3) is 4.58. The number of piperidine rings is 1. The van der Waals surface area contributed by atoms with E-state index in [2.05, 4.69) is 51.0 Å². The quantitative estimate of drug-likeness (QED) is 0.623. The van der Waals surface area contributed by atoms with Crippen molar-refractivity contribution in [3.63, 3.8) is 0 Å². The van der Waals surface area contributed by atoms with Gasteiger partial charge in [-0.05, 0) is 38.3 Å². The van der Waals surface area contributed by atoms with Crippen LogP contribution in [0.25, 0.3) is 0 Å². The highest BCUT2D eigenvalue weighted by Gasteiger charge is 2.51. The number of hydrogen-bond donors (Lipinski definition) is 1. The first-order valence-electron chi connectivity index (χ1n) is 12.1. The molecule has 3 aliphatic heterocycles. The molecule has 3 aliphatic rings. The molecule has 4 heterocycles. The molecule has 10 heteroatoms. The zero-order valence-corrected chi connectivity index (χ0v) is 20.5. The Labute approximate surface area is 201 Å². The van der Waals surface area contributed by atoms with Crippen molar-refractivity contribution in [2.24, 2.45) is 5.41 Å². The molecular formula is C24H33N5O4S. The van der Waals surface area contributed by atoms with Gasteiger partial charge in [-0.3, -0.25) is 9.69 Å². The summed E-state index contributed by atoms with van der Waals surface area (Å²) in [5, 5.41) is 0.0952. The van der Waals surface area contributed by atoms with Crippen molar-refractivity contribution in [3.05, 3.63) is 42.4 Å². The summed E-state index contributed by atoms with van der Waals surface area (Å²) in [6.45, 7) is 7.66. The molecular weight excluding hydrogens is 454 g/mol. The molecule has 0 aliphatic carbocycles. The number of cyclic esters (lactones) is 1. The largest absolute Gasteiger partial charge is 0.462 e.